The van der Waals surface area contributed by atoms with Crippen molar-refractivity contribution < 1.29 is 0 Å². The van der Waals surface area contributed by atoms with Crippen LogP contribution in [0.1, 0.15) is 31.4 Å². The first kappa shape index (κ1) is 9.49. The van der Waals surface area contributed by atoms with E-state index in [1.165, 1.54) is 0 Å². The van der Waals surface area contributed by atoms with Gasteiger partial charge in [0.05, 0.1) is 0 Å². The molecular weight excluding hydrogens is 172 g/mol. The minimum absolute atomic E-state index is 0.0970. The Labute approximate surface area is 77.8 Å². The van der Waals surface area contributed by atoms with Gasteiger partial charge in [-0.25, -0.2) is 4.98 Å². The van der Waals surface area contributed by atoms with Crippen molar-refractivity contribution in [3.8, 4) is 0 Å². The Bertz CT molecular complexity index is 233. The molecule has 0 saturated heterocycles. The highest BCUT2D eigenvalue weighted by atomic mass is 35.5. The highest BCUT2D eigenvalue weighted by Gasteiger charge is 2.03. The summed E-state index contributed by atoms with van der Waals surface area (Å²) in [5.74, 6) is 0. The van der Waals surface area contributed by atoms with Crippen LogP contribution >= 0.6 is 11.6 Å². The van der Waals surface area contributed by atoms with Gasteiger partial charge in [0, 0.05) is 12.2 Å². The molecule has 0 radical (unpaired) electrons. The molecule has 1 aromatic rings. The smallest absolute Gasteiger partial charge is 0.129 e. The van der Waals surface area contributed by atoms with Gasteiger partial charge >= 0.3 is 0 Å². The molecule has 3 heteroatoms. The van der Waals surface area contributed by atoms with Crippen LogP contribution in [0.3, 0.4) is 0 Å². The molecule has 0 aliphatic carbocycles. The van der Waals surface area contributed by atoms with Crippen LogP contribution in [0.25, 0.3) is 0 Å². The van der Waals surface area contributed by atoms with Crippen molar-refractivity contribution >= 4 is 11.6 Å². The monoisotopic (exact) mass is 184 g/mol. The first-order chi connectivity index (χ1) is 5.74. The summed E-state index contributed by atoms with van der Waals surface area (Å²) in [5.41, 5.74) is 6.93. The normalized spacial score (nSPS) is 12.9. The molecule has 0 aliphatic rings. The third kappa shape index (κ3) is 2.47. The summed E-state index contributed by atoms with van der Waals surface area (Å²) in [6, 6.07) is 3.79. The van der Waals surface area contributed by atoms with E-state index >= 15 is 0 Å². The maximum absolute atomic E-state index is 5.87. The third-order valence-corrected chi connectivity index (χ3v) is 2.00. The Hall–Kier alpha value is -0.600. The summed E-state index contributed by atoms with van der Waals surface area (Å²) < 4.78 is 0. The minimum Gasteiger partial charge on any atom is -0.324 e. The number of aromatic nitrogens is 1. The lowest BCUT2D eigenvalue weighted by molar-refractivity contribution is 0.636. The van der Waals surface area contributed by atoms with Crippen molar-refractivity contribution in [2.75, 3.05) is 0 Å². The molecule has 0 fully saturated rings. The molecule has 0 aromatic carbocycles. The van der Waals surface area contributed by atoms with Gasteiger partial charge in [-0.2, -0.15) is 0 Å². The van der Waals surface area contributed by atoms with E-state index < -0.39 is 0 Å². The van der Waals surface area contributed by atoms with Crippen molar-refractivity contribution in [3.05, 3.63) is 29.0 Å². The van der Waals surface area contributed by atoms with Crippen LogP contribution in [0, 0.1) is 0 Å². The molecule has 0 aliphatic heterocycles. The zero-order valence-electron chi connectivity index (χ0n) is 7.13. The quantitative estimate of drug-likeness (QED) is 0.734. The largest absolute Gasteiger partial charge is 0.324 e. The molecule has 0 amide bonds. The molecule has 2 N–H and O–H groups in total. The molecule has 0 unspecified atom stereocenters. The maximum Gasteiger partial charge on any atom is 0.129 e. The summed E-state index contributed by atoms with van der Waals surface area (Å²) in [6.45, 7) is 2.11. The van der Waals surface area contributed by atoms with E-state index in [1.807, 2.05) is 6.07 Å². The van der Waals surface area contributed by atoms with Crippen molar-refractivity contribution in [2.24, 2.45) is 5.73 Å². The van der Waals surface area contributed by atoms with Gasteiger partial charge in [-0.1, -0.05) is 31.0 Å². The fourth-order valence-corrected chi connectivity index (χ4v) is 1.20. The number of pyridine rings is 1. The summed E-state index contributed by atoms with van der Waals surface area (Å²) in [4.78, 5) is 3.97. The molecule has 12 heavy (non-hydrogen) atoms. The first-order valence-electron chi connectivity index (χ1n) is 4.11. The van der Waals surface area contributed by atoms with Crippen LogP contribution in [0.15, 0.2) is 18.3 Å². The number of nitrogens with two attached hydrogens (primary N) is 1. The Balaban J connectivity index is 2.68. The van der Waals surface area contributed by atoms with Crippen molar-refractivity contribution in [1.29, 1.82) is 0 Å². The molecule has 66 valence electrons. The van der Waals surface area contributed by atoms with Gasteiger partial charge in [0.15, 0.2) is 0 Å². The van der Waals surface area contributed by atoms with E-state index in [0.29, 0.717) is 5.15 Å². The van der Waals surface area contributed by atoms with Gasteiger partial charge in [-0.05, 0) is 18.1 Å². The van der Waals surface area contributed by atoms with Gasteiger partial charge in [0.1, 0.15) is 5.15 Å². The van der Waals surface area contributed by atoms with Crippen LogP contribution < -0.4 is 5.73 Å². The Morgan fingerprint density at radius 3 is 2.83 bits per heavy atom. The zero-order valence-corrected chi connectivity index (χ0v) is 7.88. The number of hydrogen-bond acceptors (Lipinski definition) is 2. The van der Waals surface area contributed by atoms with E-state index in [-0.39, 0.29) is 6.04 Å². The zero-order chi connectivity index (χ0) is 8.97. The van der Waals surface area contributed by atoms with E-state index in [0.717, 1.165) is 18.4 Å². The average Bonchev–Trinajstić information content (AvgIpc) is 2.06. The molecule has 0 saturated carbocycles. The summed E-state index contributed by atoms with van der Waals surface area (Å²) in [5, 5.41) is 0.516. The van der Waals surface area contributed by atoms with Gasteiger partial charge < -0.3 is 5.73 Å². The first-order valence-corrected chi connectivity index (χ1v) is 4.49. The minimum atomic E-state index is 0.0970. The Morgan fingerprint density at radius 1 is 1.58 bits per heavy atom. The molecule has 1 atom stereocenters. The van der Waals surface area contributed by atoms with E-state index in [2.05, 4.69) is 11.9 Å². The second-order valence-corrected chi connectivity index (χ2v) is 3.20. The van der Waals surface area contributed by atoms with Crippen LogP contribution in [0.5, 0.6) is 0 Å². The SMILES string of the molecule is CCC[C@@H](N)c1ccc(Cl)nc1. The lowest BCUT2D eigenvalue weighted by atomic mass is 10.1. The van der Waals surface area contributed by atoms with Crippen LogP contribution in [-0.4, -0.2) is 4.98 Å². The predicted octanol–water partition coefficient (Wildman–Crippen LogP) is 2.53. The second kappa shape index (κ2) is 4.43. The molecule has 1 aromatic heterocycles. The predicted molar refractivity (Wildman–Crippen MR) is 51.1 cm³/mol. The molecular formula is C9H13ClN2. The molecule has 1 heterocycles. The highest BCUT2D eigenvalue weighted by Crippen LogP contribution is 2.15. The molecule has 1 rings (SSSR count). The molecule has 2 nitrogen and oxygen atoms in total. The lowest BCUT2D eigenvalue weighted by Gasteiger charge is -2.09. The highest BCUT2D eigenvalue weighted by molar-refractivity contribution is 6.29. The van der Waals surface area contributed by atoms with Gasteiger partial charge in [-0.3, -0.25) is 0 Å². The second-order valence-electron chi connectivity index (χ2n) is 2.81. The standard InChI is InChI=1S/C9H13ClN2/c1-2-3-8(11)7-4-5-9(10)12-6-7/h4-6,8H,2-3,11H2,1H3/t8-/m1/s1. The topological polar surface area (TPSA) is 38.9 Å². The number of rotatable bonds is 3. The average molecular weight is 185 g/mol. The number of nitrogens with zero attached hydrogens (tertiary/aromatic N) is 1. The summed E-state index contributed by atoms with van der Waals surface area (Å²) in [7, 11) is 0. The fourth-order valence-electron chi connectivity index (χ4n) is 1.08. The number of halogens is 1. The van der Waals surface area contributed by atoms with E-state index in [1.54, 1.807) is 12.3 Å². The summed E-state index contributed by atoms with van der Waals surface area (Å²) in [6.07, 6.45) is 3.82. The summed E-state index contributed by atoms with van der Waals surface area (Å²) >= 11 is 5.64. The van der Waals surface area contributed by atoms with E-state index in [4.69, 9.17) is 17.3 Å². The van der Waals surface area contributed by atoms with Crippen LogP contribution in [0.2, 0.25) is 5.15 Å². The fraction of sp³-hybridized carbons (Fsp3) is 0.444. The van der Waals surface area contributed by atoms with Gasteiger partial charge in [0.25, 0.3) is 0 Å². The molecule has 0 bridgehead atoms. The van der Waals surface area contributed by atoms with Crippen LogP contribution in [-0.2, 0) is 0 Å². The third-order valence-electron chi connectivity index (χ3n) is 1.78. The lowest BCUT2D eigenvalue weighted by Crippen LogP contribution is -2.09. The van der Waals surface area contributed by atoms with Crippen LogP contribution in [0.4, 0.5) is 0 Å². The van der Waals surface area contributed by atoms with Crippen molar-refractivity contribution in [2.45, 2.75) is 25.8 Å². The van der Waals surface area contributed by atoms with Gasteiger partial charge in [0.2, 0.25) is 0 Å². The Morgan fingerprint density at radius 2 is 2.33 bits per heavy atom. The van der Waals surface area contributed by atoms with Gasteiger partial charge in [-0.15, -0.1) is 0 Å². The maximum atomic E-state index is 5.87. The van der Waals surface area contributed by atoms with Crippen molar-refractivity contribution in [1.82, 2.24) is 4.98 Å². The van der Waals surface area contributed by atoms with Crippen molar-refractivity contribution in [3.63, 3.8) is 0 Å². The molecule has 0 spiro atoms. The Kier molecular flexibility index (Phi) is 3.50. The van der Waals surface area contributed by atoms with E-state index in [9.17, 15) is 0 Å². The number of hydrogen-bond donors (Lipinski definition) is 1.